The molecule has 0 saturated carbocycles. The quantitative estimate of drug-likeness (QED) is 0.790. The Morgan fingerprint density at radius 3 is 2.53 bits per heavy atom. The fraction of sp³-hybridized carbons (Fsp3) is 0. The number of hydrogen-bond acceptors (Lipinski definition) is 2. The minimum Gasteiger partial charge on any atom is -0.543 e. The highest BCUT2D eigenvalue weighted by Crippen LogP contribution is 2.33. The molecule has 0 aliphatic rings. The van der Waals surface area contributed by atoms with E-state index in [1.807, 2.05) is 48.5 Å². The fourth-order valence-electron chi connectivity index (χ4n) is 2.22. The molecule has 2 aromatic carbocycles. The maximum atomic E-state index is 11.3. The summed E-state index contributed by atoms with van der Waals surface area (Å²) >= 11 is 3.41. The molecule has 3 rings (SSSR count). The lowest BCUT2D eigenvalue weighted by atomic mass is 10.0. The Morgan fingerprint density at radius 1 is 1.11 bits per heavy atom. The van der Waals surface area contributed by atoms with Crippen LogP contribution in [0.5, 0.6) is 0 Å². The van der Waals surface area contributed by atoms with Crippen molar-refractivity contribution in [1.29, 1.82) is 0 Å². The highest BCUT2D eigenvalue weighted by atomic mass is 79.9. The first-order valence-corrected chi connectivity index (χ1v) is 6.54. The van der Waals surface area contributed by atoms with Gasteiger partial charge in [-0.05, 0) is 23.8 Å². The zero-order valence-electron chi connectivity index (χ0n) is 9.81. The molecule has 1 aromatic heterocycles. The number of benzene rings is 2. The molecular weight excluding hydrogens is 306 g/mol. The zero-order chi connectivity index (χ0) is 13.4. The molecule has 0 radical (unpaired) electrons. The van der Waals surface area contributed by atoms with E-state index in [-0.39, 0.29) is 5.69 Å². The van der Waals surface area contributed by atoms with Crippen LogP contribution in [0.15, 0.2) is 53.0 Å². The number of carbonyl (C=O) groups excluding carboxylic acids is 1. The standard InChI is InChI=1S/C15H10BrNO2/c16-10-6-7-12-11(8-10)13(14(17-12)15(18)19)9-4-2-1-3-5-9/h1-8,17H,(H,18,19)/p-1. The van der Waals surface area contributed by atoms with Gasteiger partial charge in [-0.25, -0.2) is 0 Å². The second kappa shape index (κ2) is 4.55. The van der Waals surface area contributed by atoms with Crippen molar-refractivity contribution in [3.63, 3.8) is 0 Å². The number of carbonyl (C=O) groups is 1. The van der Waals surface area contributed by atoms with Gasteiger partial charge in [0.05, 0.1) is 11.7 Å². The molecule has 0 amide bonds. The Labute approximate surface area is 118 Å². The Morgan fingerprint density at radius 2 is 1.84 bits per heavy atom. The Bertz CT molecular complexity index is 762. The maximum Gasteiger partial charge on any atom is 0.0884 e. The first kappa shape index (κ1) is 12.0. The second-order valence-corrected chi connectivity index (χ2v) is 5.13. The third-order valence-corrected chi connectivity index (χ3v) is 3.52. The molecule has 0 aliphatic carbocycles. The van der Waals surface area contributed by atoms with Crippen LogP contribution in [0.2, 0.25) is 0 Å². The maximum absolute atomic E-state index is 11.3. The van der Waals surface area contributed by atoms with Gasteiger partial charge in [0.25, 0.3) is 0 Å². The summed E-state index contributed by atoms with van der Waals surface area (Å²) < 4.78 is 0.904. The zero-order valence-corrected chi connectivity index (χ0v) is 11.4. The molecule has 0 atom stereocenters. The van der Waals surface area contributed by atoms with Crippen LogP contribution in [0.1, 0.15) is 10.5 Å². The van der Waals surface area contributed by atoms with Gasteiger partial charge in [0.15, 0.2) is 0 Å². The molecule has 94 valence electrons. The first-order valence-electron chi connectivity index (χ1n) is 5.75. The van der Waals surface area contributed by atoms with E-state index in [9.17, 15) is 9.90 Å². The molecular formula is C15H9BrNO2-. The van der Waals surface area contributed by atoms with Crippen LogP contribution in [-0.4, -0.2) is 11.0 Å². The van der Waals surface area contributed by atoms with Crippen LogP contribution in [0.25, 0.3) is 22.0 Å². The van der Waals surface area contributed by atoms with Crippen molar-refractivity contribution in [2.24, 2.45) is 0 Å². The predicted molar refractivity (Wildman–Crippen MR) is 75.8 cm³/mol. The summed E-state index contributed by atoms with van der Waals surface area (Å²) in [6, 6.07) is 15.0. The number of halogens is 1. The van der Waals surface area contributed by atoms with Crippen molar-refractivity contribution in [2.75, 3.05) is 0 Å². The Balaban J connectivity index is 2.40. The van der Waals surface area contributed by atoms with E-state index in [2.05, 4.69) is 20.9 Å². The van der Waals surface area contributed by atoms with E-state index in [1.165, 1.54) is 0 Å². The van der Waals surface area contributed by atoms with Crippen LogP contribution >= 0.6 is 15.9 Å². The average Bonchev–Trinajstić information content (AvgIpc) is 2.78. The SMILES string of the molecule is O=C([O-])c1[nH]c2ccc(Br)cc2c1-c1ccccc1. The Hall–Kier alpha value is -2.07. The molecule has 1 N–H and O–H groups in total. The third-order valence-electron chi connectivity index (χ3n) is 3.03. The number of carboxylic acid groups (broad SMARTS) is 1. The molecule has 3 aromatic rings. The number of nitrogens with one attached hydrogen (secondary N) is 1. The number of hydrogen-bond donors (Lipinski definition) is 1. The number of H-pyrrole nitrogens is 1. The van der Waals surface area contributed by atoms with E-state index in [0.717, 1.165) is 20.9 Å². The average molecular weight is 315 g/mol. The lowest BCUT2D eigenvalue weighted by molar-refractivity contribution is -0.255. The largest absolute Gasteiger partial charge is 0.543 e. The fourth-order valence-corrected chi connectivity index (χ4v) is 2.58. The molecule has 0 unspecified atom stereocenters. The van der Waals surface area contributed by atoms with Crippen molar-refractivity contribution in [1.82, 2.24) is 4.98 Å². The number of aromatic carboxylic acids is 1. The van der Waals surface area contributed by atoms with E-state index in [4.69, 9.17) is 0 Å². The van der Waals surface area contributed by atoms with E-state index in [0.29, 0.717) is 5.56 Å². The summed E-state index contributed by atoms with van der Waals surface area (Å²) in [5.74, 6) is -1.20. The minimum atomic E-state index is -1.20. The van der Waals surface area contributed by atoms with E-state index in [1.54, 1.807) is 0 Å². The number of carboxylic acids is 1. The molecule has 0 bridgehead atoms. The number of rotatable bonds is 2. The van der Waals surface area contributed by atoms with Gasteiger partial charge in [-0.2, -0.15) is 0 Å². The molecule has 0 spiro atoms. The summed E-state index contributed by atoms with van der Waals surface area (Å²) in [7, 11) is 0. The molecule has 0 aliphatic heterocycles. The van der Waals surface area contributed by atoms with Gasteiger partial charge in [0.2, 0.25) is 0 Å². The summed E-state index contributed by atoms with van der Waals surface area (Å²) in [5, 5.41) is 12.2. The first-order chi connectivity index (χ1) is 9.16. The van der Waals surface area contributed by atoms with E-state index < -0.39 is 5.97 Å². The number of aromatic nitrogens is 1. The van der Waals surface area contributed by atoms with Crippen LogP contribution in [0, 0.1) is 0 Å². The summed E-state index contributed by atoms with van der Waals surface area (Å²) in [6.45, 7) is 0. The van der Waals surface area contributed by atoms with Crippen molar-refractivity contribution in [3.05, 3.63) is 58.7 Å². The molecule has 19 heavy (non-hydrogen) atoms. The number of aromatic amines is 1. The van der Waals surface area contributed by atoms with Crippen molar-refractivity contribution in [2.45, 2.75) is 0 Å². The molecule has 4 heteroatoms. The minimum absolute atomic E-state index is 0.110. The molecule has 3 nitrogen and oxygen atoms in total. The van der Waals surface area contributed by atoms with Gasteiger partial charge in [0.1, 0.15) is 0 Å². The highest BCUT2D eigenvalue weighted by Gasteiger charge is 2.14. The van der Waals surface area contributed by atoms with Crippen LogP contribution in [-0.2, 0) is 0 Å². The van der Waals surface area contributed by atoms with Gasteiger partial charge in [0, 0.05) is 20.9 Å². The van der Waals surface area contributed by atoms with Gasteiger partial charge >= 0.3 is 0 Å². The predicted octanol–water partition coefficient (Wildman–Crippen LogP) is 2.96. The van der Waals surface area contributed by atoms with Crippen molar-refractivity contribution in [3.8, 4) is 11.1 Å². The molecule has 1 heterocycles. The van der Waals surface area contributed by atoms with Crippen LogP contribution in [0.4, 0.5) is 0 Å². The third kappa shape index (κ3) is 2.04. The topological polar surface area (TPSA) is 55.9 Å². The molecule has 0 saturated heterocycles. The van der Waals surface area contributed by atoms with Crippen LogP contribution < -0.4 is 5.11 Å². The lowest BCUT2D eigenvalue weighted by Crippen LogP contribution is -2.23. The monoisotopic (exact) mass is 314 g/mol. The normalized spacial score (nSPS) is 10.8. The van der Waals surface area contributed by atoms with Gasteiger partial charge < -0.3 is 14.9 Å². The van der Waals surface area contributed by atoms with Gasteiger partial charge in [-0.15, -0.1) is 0 Å². The number of fused-ring (bicyclic) bond motifs is 1. The second-order valence-electron chi connectivity index (χ2n) is 4.22. The van der Waals surface area contributed by atoms with Gasteiger partial charge in [-0.1, -0.05) is 46.3 Å². The van der Waals surface area contributed by atoms with Crippen LogP contribution in [0.3, 0.4) is 0 Å². The van der Waals surface area contributed by atoms with Crippen molar-refractivity contribution >= 4 is 32.8 Å². The smallest absolute Gasteiger partial charge is 0.0884 e. The summed E-state index contributed by atoms with van der Waals surface area (Å²) in [5.41, 5.74) is 2.41. The Kier molecular flexibility index (Phi) is 2.87. The lowest BCUT2D eigenvalue weighted by Gasteiger charge is -2.05. The summed E-state index contributed by atoms with van der Waals surface area (Å²) in [4.78, 5) is 14.2. The van der Waals surface area contributed by atoms with Gasteiger partial charge in [-0.3, -0.25) is 0 Å². The summed E-state index contributed by atoms with van der Waals surface area (Å²) in [6.07, 6.45) is 0. The molecule has 0 fully saturated rings. The highest BCUT2D eigenvalue weighted by molar-refractivity contribution is 9.10. The van der Waals surface area contributed by atoms with E-state index >= 15 is 0 Å². The van der Waals surface area contributed by atoms with Crippen molar-refractivity contribution < 1.29 is 9.90 Å².